The van der Waals surface area contributed by atoms with Crippen molar-refractivity contribution in [3.05, 3.63) is 83.9 Å². The molecule has 0 aliphatic heterocycles. The Bertz CT molecular complexity index is 1310. The third-order valence-electron chi connectivity index (χ3n) is 4.50. The lowest BCUT2D eigenvalue weighted by molar-refractivity contribution is -0.137. The molecule has 3 rings (SSSR count). The highest BCUT2D eigenvalue weighted by molar-refractivity contribution is 7.92. The van der Waals surface area contributed by atoms with E-state index in [2.05, 4.69) is 10.0 Å². The Morgan fingerprint density at radius 3 is 2.21 bits per heavy atom. The smallest absolute Gasteiger partial charge is 0.416 e. The van der Waals surface area contributed by atoms with Gasteiger partial charge in [-0.05, 0) is 61.5 Å². The summed E-state index contributed by atoms with van der Waals surface area (Å²) < 4.78 is 70.9. The number of hydrogen-bond donors (Lipinski definition) is 2. The number of alkyl halides is 3. The lowest BCUT2D eigenvalue weighted by atomic mass is 10.1. The number of halogens is 3. The van der Waals surface area contributed by atoms with Gasteiger partial charge in [0.05, 0.1) is 10.5 Å². The summed E-state index contributed by atoms with van der Waals surface area (Å²) in [5, 5.41) is 2.58. The molecule has 3 aromatic carbocycles. The number of amides is 1. The number of nitrogens with one attached hydrogen (secondary N) is 2. The van der Waals surface area contributed by atoms with E-state index in [1.165, 1.54) is 43.3 Å². The molecule has 0 fully saturated rings. The molecule has 2 N–H and O–H groups in total. The van der Waals surface area contributed by atoms with Crippen molar-refractivity contribution >= 4 is 33.1 Å². The zero-order valence-corrected chi connectivity index (χ0v) is 18.5. The van der Waals surface area contributed by atoms with Gasteiger partial charge in [0.25, 0.3) is 15.9 Å². The number of sulfonamides is 1. The molecule has 3 aromatic rings. The van der Waals surface area contributed by atoms with Gasteiger partial charge < -0.3 is 10.1 Å². The Morgan fingerprint density at radius 2 is 1.56 bits per heavy atom. The lowest BCUT2D eigenvalue weighted by Gasteiger charge is -2.12. The van der Waals surface area contributed by atoms with Gasteiger partial charge in [0.15, 0.2) is 12.4 Å². The molecule has 0 saturated heterocycles. The first-order valence-corrected chi connectivity index (χ1v) is 11.3. The number of carbonyl (C=O) groups is 2. The molecule has 0 heterocycles. The zero-order valence-electron chi connectivity index (χ0n) is 17.7. The van der Waals surface area contributed by atoms with E-state index in [9.17, 15) is 31.2 Å². The van der Waals surface area contributed by atoms with Gasteiger partial charge in [0.2, 0.25) is 0 Å². The maximum atomic E-state index is 12.8. The summed E-state index contributed by atoms with van der Waals surface area (Å²) in [7, 11) is -4.16. The number of benzene rings is 3. The van der Waals surface area contributed by atoms with Crippen LogP contribution in [0.1, 0.15) is 22.8 Å². The van der Waals surface area contributed by atoms with Crippen molar-refractivity contribution in [2.75, 3.05) is 16.6 Å². The second kappa shape index (κ2) is 9.96. The van der Waals surface area contributed by atoms with Crippen LogP contribution in [-0.2, 0) is 21.0 Å². The second-order valence-electron chi connectivity index (χ2n) is 7.13. The number of hydrogen-bond acceptors (Lipinski definition) is 5. The van der Waals surface area contributed by atoms with Crippen molar-refractivity contribution < 1.29 is 35.9 Å². The molecule has 178 valence electrons. The molecule has 7 nitrogen and oxygen atoms in total. The Hall–Kier alpha value is -3.86. The highest BCUT2D eigenvalue weighted by atomic mass is 32.2. The van der Waals surface area contributed by atoms with E-state index in [0.29, 0.717) is 17.3 Å². The highest BCUT2D eigenvalue weighted by Gasteiger charge is 2.30. The van der Waals surface area contributed by atoms with Crippen molar-refractivity contribution in [3.63, 3.8) is 0 Å². The lowest BCUT2D eigenvalue weighted by Crippen LogP contribution is -2.20. The molecule has 0 atom stereocenters. The number of ketones is 1. The van der Waals surface area contributed by atoms with Crippen LogP contribution in [0.2, 0.25) is 0 Å². The monoisotopic (exact) mass is 492 g/mol. The molecule has 0 aliphatic rings. The van der Waals surface area contributed by atoms with Gasteiger partial charge in [-0.1, -0.05) is 18.2 Å². The van der Waals surface area contributed by atoms with Crippen LogP contribution < -0.4 is 14.8 Å². The third-order valence-corrected chi connectivity index (χ3v) is 5.90. The van der Waals surface area contributed by atoms with Gasteiger partial charge in [-0.25, -0.2) is 8.42 Å². The Kier molecular flexibility index (Phi) is 7.26. The van der Waals surface area contributed by atoms with E-state index in [-0.39, 0.29) is 28.7 Å². The molecule has 0 unspecified atom stereocenters. The Balaban J connectivity index is 1.60. The summed E-state index contributed by atoms with van der Waals surface area (Å²) in [6.07, 6.45) is -4.61. The van der Waals surface area contributed by atoms with Crippen molar-refractivity contribution in [1.82, 2.24) is 0 Å². The summed E-state index contributed by atoms with van der Waals surface area (Å²) in [5.41, 5.74) is -0.360. The minimum atomic E-state index is -4.61. The summed E-state index contributed by atoms with van der Waals surface area (Å²) in [5.74, 6) is -0.445. The van der Waals surface area contributed by atoms with Gasteiger partial charge in [-0.3, -0.25) is 14.3 Å². The third kappa shape index (κ3) is 6.58. The Morgan fingerprint density at radius 1 is 0.912 bits per heavy atom. The molecule has 0 aromatic heterocycles. The fourth-order valence-corrected chi connectivity index (χ4v) is 3.90. The summed E-state index contributed by atoms with van der Waals surface area (Å²) in [6.45, 7) is 1.03. The minimum absolute atomic E-state index is 0.148. The van der Waals surface area contributed by atoms with E-state index in [1.807, 2.05) is 0 Å². The van der Waals surface area contributed by atoms with Gasteiger partial charge >= 0.3 is 6.18 Å². The SMILES string of the molecule is CC(=O)c1cccc(NC(=O)COc2ccc(S(=O)(=O)Nc3cccc(C(F)(F)F)c3)cc2)c1. The average Bonchev–Trinajstić information content (AvgIpc) is 2.77. The maximum absolute atomic E-state index is 12.8. The van der Waals surface area contributed by atoms with Gasteiger partial charge in [-0.2, -0.15) is 13.2 Å². The van der Waals surface area contributed by atoms with Gasteiger partial charge in [-0.15, -0.1) is 0 Å². The molecule has 0 radical (unpaired) electrons. The average molecular weight is 492 g/mol. The van der Waals surface area contributed by atoms with Crippen LogP contribution in [0.4, 0.5) is 24.5 Å². The molecule has 34 heavy (non-hydrogen) atoms. The summed E-state index contributed by atoms with van der Waals surface area (Å²) in [6, 6.07) is 15.2. The first-order valence-electron chi connectivity index (χ1n) is 9.78. The normalized spacial score (nSPS) is 11.5. The summed E-state index contributed by atoms with van der Waals surface area (Å²) in [4.78, 5) is 23.3. The van der Waals surface area contributed by atoms with Crippen molar-refractivity contribution in [2.24, 2.45) is 0 Å². The van der Waals surface area contributed by atoms with Crippen LogP contribution in [0.15, 0.2) is 77.7 Å². The largest absolute Gasteiger partial charge is 0.484 e. The van der Waals surface area contributed by atoms with Crippen LogP contribution in [0, 0.1) is 0 Å². The van der Waals surface area contributed by atoms with E-state index in [1.54, 1.807) is 18.2 Å². The predicted octanol–water partition coefficient (Wildman–Crippen LogP) is 4.73. The molecule has 0 aliphatic carbocycles. The highest BCUT2D eigenvalue weighted by Crippen LogP contribution is 2.31. The maximum Gasteiger partial charge on any atom is 0.416 e. The van der Waals surface area contributed by atoms with Crippen LogP contribution in [0.5, 0.6) is 5.75 Å². The first kappa shape index (κ1) is 24.8. The zero-order chi connectivity index (χ0) is 24.9. The van der Waals surface area contributed by atoms with E-state index in [0.717, 1.165) is 12.1 Å². The number of rotatable bonds is 8. The number of carbonyl (C=O) groups excluding carboxylic acids is 2. The van der Waals surface area contributed by atoms with Crippen LogP contribution in [0.25, 0.3) is 0 Å². The molecule has 0 saturated carbocycles. The fraction of sp³-hybridized carbons (Fsp3) is 0.130. The molecule has 11 heteroatoms. The predicted molar refractivity (Wildman–Crippen MR) is 119 cm³/mol. The first-order chi connectivity index (χ1) is 15.9. The van der Waals surface area contributed by atoms with Gasteiger partial charge in [0, 0.05) is 16.9 Å². The second-order valence-corrected chi connectivity index (χ2v) is 8.81. The molecular formula is C23H19F3N2O5S. The topological polar surface area (TPSA) is 102 Å². The van der Waals surface area contributed by atoms with Crippen molar-refractivity contribution in [2.45, 2.75) is 18.0 Å². The molecule has 0 spiro atoms. The van der Waals surface area contributed by atoms with E-state index < -0.39 is 27.7 Å². The van der Waals surface area contributed by atoms with Crippen LogP contribution in [0.3, 0.4) is 0 Å². The number of ether oxygens (including phenoxy) is 1. The van der Waals surface area contributed by atoms with E-state index in [4.69, 9.17) is 4.74 Å². The quantitative estimate of drug-likeness (QED) is 0.443. The molecule has 0 bridgehead atoms. The van der Waals surface area contributed by atoms with Crippen LogP contribution >= 0.6 is 0 Å². The van der Waals surface area contributed by atoms with E-state index >= 15 is 0 Å². The van der Waals surface area contributed by atoms with Crippen molar-refractivity contribution in [3.8, 4) is 5.75 Å². The summed E-state index contributed by atoms with van der Waals surface area (Å²) >= 11 is 0. The fourth-order valence-electron chi connectivity index (χ4n) is 2.85. The van der Waals surface area contributed by atoms with Crippen molar-refractivity contribution in [1.29, 1.82) is 0 Å². The molecular weight excluding hydrogens is 473 g/mol. The standard InChI is InChI=1S/C23H19F3N2O5S/c1-15(29)16-4-2-6-18(12-16)27-22(30)14-33-20-8-10-21(11-9-20)34(31,32)28-19-7-3-5-17(13-19)23(24,25)26/h2-13,28H,14H2,1H3,(H,27,30). The minimum Gasteiger partial charge on any atom is -0.484 e. The number of anilines is 2. The van der Waals surface area contributed by atoms with Crippen LogP contribution in [-0.4, -0.2) is 26.7 Å². The number of Topliss-reactive ketones (excluding diaryl/α,β-unsaturated/α-hetero) is 1. The Labute approximate surface area is 193 Å². The molecule has 1 amide bonds. The van der Waals surface area contributed by atoms with Gasteiger partial charge in [0.1, 0.15) is 5.75 Å².